The van der Waals surface area contributed by atoms with Gasteiger partial charge < -0.3 is 14.2 Å². The summed E-state index contributed by atoms with van der Waals surface area (Å²) in [6.45, 7) is 6.55. The highest BCUT2D eigenvalue weighted by Gasteiger charge is 2.19. The van der Waals surface area contributed by atoms with Crippen molar-refractivity contribution in [1.29, 1.82) is 0 Å². The first-order valence-electron chi connectivity index (χ1n) is 31.8. The van der Waals surface area contributed by atoms with Crippen molar-refractivity contribution in [1.82, 2.24) is 0 Å². The zero-order valence-electron chi connectivity index (χ0n) is 48.7. The van der Waals surface area contributed by atoms with Gasteiger partial charge in [0.05, 0.1) is 0 Å². The van der Waals surface area contributed by atoms with Crippen molar-refractivity contribution >= 4 is 17.9 Å². The molecule has 0 bridgehead atoms. The van der Waals surface area contributed by atoms with E-state index < -0.39 is 6.10 Å². The van der Waals surface area contributed by atoms with Gasteiger partial charge in [-0.15, -0.1) is 0 Å². The van der Waals surface area contributed by atoms with E-state index in [0.29, 0.717) is 19.3 Å². The second-order valence-corrected chi connectivity index (χ2v) is 21.3. The lowest BCUT2D eigenvalue weighted by molar-refractivity contribution is -0.167. The highest BCUT2D eigenvalue weighted by atomic mass is 16.6. The van der Waals surface area contributed by atoms with Crippen molar-refractivity contribution in [3.63, 3.8) is 0 Å². The summed E-state index contributed by atoms with van der Waals surface area (Å²) in [5.41, 5.74) is 0. The second kappa shape index (κ2) is 61.7. The first-order chi connectivity index (χ1) is 36.0. The van der Waals surface area contributed by atoms with Crippen LogP contribution in [-0.2, 0) is 28.6 Å². The molecule has 0 amide bonds. The molecule has 0 aromatic heterocycles. The molecule has 6 nitrogen and oxygen atoms in total. The van der Waals surface area contributed by atoms with E-state index in [1.165, 1.54) is 199 Å². The van der Waals surface area contributed by atoms with E-state index in [0.717, 1.165) is 89.9 Å². The number of carbonyl (C=O) groups excluding carboxylic acids is 3. The molecule has 0 N–H and O–H groups in total. The van der Waals surface area contributed by atoms with E-state index in [4.69, 9.17) is 14.2 Å². The molecule has 0 fully saturated rings. The van der Waals surface area contributed by atoms with Gasteiger partial charge in [-0.2, -0.15) is 0 Å². The lowest BCUT2D eigenvalue weighted by Gasteiger charge is -2.18. The number of hydrogen-bond donors (Lipinski definition) is 0. The highest BCUT2D eigenvalue weighted by molar-refractivity contribution is 5.71. The summed E-state index contributed by atoms with van der Waals surface area (Å²) in [6.07, 6.45) is 78.1. The fourth-order valence-electron chi connectivity index (χ4n) is 9.25. The SMILES string of the molecule is CC/C=C\C/C=C\C/C=C\C/C=C\CCCCCCCCCCCCCCCCCCC(=O)OCC(COC(=O)CCCCCCCCCCCCCC)OC(=O)CCCCCCC/C=C\CCCCCCC. The number of carbonyl (C=O) groups is 3. The van der Waals surface area contributed by atoms with Crippen LogP contribution in [0.1, 0.15) is 329 Å². The van der Waals surface area contributed by atoms with Crippen LogP contribution in [-0.4, -0.2) is 37.2 Å². The third-order valence-corrected chi connectivity index (χ3v) is 14.0. The van der Waals surface area contributed by atoms with Crippen LogP contribution in [0.4, 0.5) is 0 Å². The zero-order valence-corrected chi connectivity index (χ0v) is 48.7. The molecule has 0 aliphatic heterocycles. The molecule has 6 heteroatoms. The lowest BCUT2D eigenvalue weighted by Crippen LogP contribution is -2.30. The van der Waals surface area contributed by atoms with Crippen LogP contribution in [0.2, 0.25) is 0 Å². The van der Waals surface area contributed by atoms with Crippen LogP contribution in [0.15, 0.2) is 60.8 Å². The first-order valence-corrected chi connectivity index (χ1v) is 31.8. The minimum absolute atomic E-state index is 0.0724. The van der Waals surface area contributed by atoms with Crippen LogP contribution < -0.4 is 0 Å². The number of ether oxygens (including phenoxy) is 3. The van der Waals surface area contributed by atoms with Crippen molar-refractivity contribution in [3.05, 3.63) is 60.8 Å². The molecular formula is C67H120O6. The zero-order chi connectivity index (χ0) is 52.9. The molecule has 1 atom stereocenters. The Bertz CT molecular complexity index is 1310. The molecular weight excluding hydrogens is 901 g/mol. The van der Waals surface area contributed by atoms with E-state index >= 15 is 0 Å². The molecule has 0 aliphatic rings. The number of unbranched alkanes of at least 4 members (excludes halogenated alkanes) is 37. The summed E-state index contributed by atoms with van der Waals surface area (Å²) < 4.78 is 16.9. The standard InChI is InChI=1S/C67H120O6/c1-4-7-10-13-16-19-22-25-27-28-29-30-31-32-33-34-35-36-37-38-39-40-41-43-45-48-51-54-57-60-66(69)72-63-64(62-71-65(68)59-56-53-50-47-44-24-21-18-15-12-9-6-3)73-67(70)61-58-55-52-49-46-42-26-23-20-17-14-11-8-5-2/h7,10,16,19,23,25-27,29-30,64H,4-6,8-9,11-15,17-18,20-22,24,28,31-63H2,1-3H3/b10-7-,19-16-,26-23-,27-25-,30-29-. The van der Waals surface area contributed by atoms with Crippen molar-refractivity contribution < 1.29 is 28.6 Å². The van der Waals surface area contributed by atoms with Gasteiger partial charge in [-0.05, 0) is 83.5 Å². The smallest absolute Gasteiger partial charge is 0.306 e. The van der Waals surface area contributed by atoms with Crippen LogP contribution in [0.5, 0.6) is 0 Å². The molecule has 0 aromatic rings. The number of rotatable bonds is 58. The number of allylic oxidation sites excluding steroid dienone is 10. The average Bonchev–Trinajstić information content (AvgIpc) is 3.39. The molecule has 0 saturated heterocycles. The van der Waals surface area contributed by atoms with E-state index in [9.17, 15) is 14.4 Å². The minimum atomic E-state index is -0.774. The van der Waals surface area contributed by atoms with Gasteiger partial charge in [0.25, 0.3) is 0 Å². The van der Waals surface area contributed by atoms with Gasteiger partial charge in [0.2, 0.25) is 0 Å². The quantitative estimate of drug-likeness (QED) is 0.0261. The van der Waals surface area contributed by atoms with Crippen LogP contribution in [0.3, 0.4) is 0 Å². The van der Waals surface area contributed by atoms with Gasteiger partial charge >= 0.3 is 17.9 Å². The second-order valence-electron chi connectivity index (χ2n) is 21.3. The van der Waals surface area contributed by atoms with Crippen molar-refractivity contribution in [2.75, 3.05) is 13.2 Å². The van der Waals surface area contributed by atoms with Crippen molar-refractivity contribution in [3.8, 4) is 0 Å². The molecule has 0 aromatic carbocycles. The Labute approximate surface area is 453 Å². The Morgan fingerprint density at radius 3 is 0.849 bits per heavy atom. The summed E-state index contributed by atoms with van der Waals surface area (Å²) in [5.74, 6) is -0.864. The van der Waals surface area contributed by atoms with Crippen molar-refractivity contribution in [2.45, 2.75) is 335 Å². The van der Waals surface area contributed by atoms with Gasteiger partial charge in [0.15, 0.2) is 6.10 Å². The first kappa shape index (κ1) is 70.1. The fraction of sp³-hybridized carbons (Fsp3) is 0.806. The predicted octanol–water partition coefficient (Wildman–Crippen LogP) is 21.6. The highest BCUT2D eigenvalue weighted by Crippen LogP contribution is 2.17. The number of hydrogen-bond acceptors (Lipinski definition) is 6. The Morgan fingerprint density at radius 1 is 0.288 bits per heavy atom. The number of esters is 3. The maximum Gasteiger partial charge on any atom is 0.306 e. The normalized spacial score (nSPS) is 12.4. The fourth-order valence-corrected chi connectivity index (χ4v) is 9.25. The van der Waals surface area contributed by atoms with E-state index in [1.54, 1.807) is 0 Å². The molecule has 0 aliphatic carbocycles. The summed E-state index contributed by atoms with van der Waals surface area (Å²) in [4.78, 5) is 38.2. The Morgan fingerprint density at radius 2 is 0.534 bits per heavy atom. The maximum absolute atomic E-state index is 12.9. The van der Waals surface area contributed by atoms with Gasteiger partial charge in [-0.3, -0.25) is 14.4 Å². The minimum Gasteiger partial charge on any atom is -0.462 e. The van der Waals surface area contributed by atoms with Gasteiger partial charge in [0, 0.05) is 19.3 Å². The predicted molar refractivity (Wildman–Crippen MR) is 316 cm³/mol. The van der Waals surface area contributed by atoms with E-state index in [2.05, 4.69) is 81.5 Å². The summed E-state index contributed by atoms with van der Waals surface area (Å²) >= 11 is 0. The maximum atomic E-state index is 12.9. The van der Waals surface area contributed by atoms with E-state index in [1.807, 2.05) is 0 Å². The monoisotopic (exact) mass is 1020 g/mol. The average molecular weight is 1020 g/mol. The summed E-state index contributed by atoms with van der Waals surface area (Å²) in [6, 6.07) is 0. The third kappa shape index (κ3) is 59.9. The molecule has 1 unspecified atom stereocenters. The van der Waals surface area contributed by atoms with E-state index in [-0.39, 0.29) is 31.1 Å². The van der Waals surface area contributed by atoms with Crippen LogP contribution in [0, 0.1) is 0 Å². The molecule has 424 valence electrons. The summed E-state index contributed by atoms with van der Waals surface area (Å²) in [7, 11) is 0. The van der Waals surface area contributed by atoms with Crippen molar-refractivity contribution in [2.24, 2.45) is 0 Å². The molecule has 73 heavy (non-hydrogen) atoms. The lowest BCUT2D eigenvalue weighted by atomic mass is 10.0. The summed E-state index contributed by atoms with van der Waals surface area (Å²) in [5, 5.41) is 0. The largest absolute Gasteiger partial charge is 0.462 e. The van der Waals surface area contributed by atoms with Gasteiger partial charge in [-0.1, -0.05) is 287 Å². The molecule has 0 rings (SSSR count). The topological polar surface area (TPSA) is 78.9 Å². The Kier molecular flexibility index (Phi) is 59.2. The molecule has 0 saturated carbocycles. The van der Waals surface area contributed by atoms with Crippen LogP contribution in [0.25, 0.3) is 0 Å². The van der Waals surface area contributed by atoms with Gasteiger partial charge in [-0.25, -0.2) is 0 Å². The third-order valence-electron chi connectivity index (χ3n) is 14.0. The van der Waals surface area contributed by atoms with Gasteiger partial charge in [0.1, 0.15) is 13.2 Å². The Balaban J connectivity index is 4.16. The Hall–Kier alpha value is -2.89. The van der Waals surface area contributed by atoms with Crippen LogP contribution >= 0.6 is 0 Å². The molecule has 0 spiro atoms. The molecule has 0 heterocycles. The molecule has 0 radical (unpaired) electrons.